The molecule has 0 atom stereocenters. The fraction of sp³-hybridized carbons (Fsp3) is 0.407. The van der Waals surface area contributed by atoms with Gasteiger partial charge in [-0.1, -0.05) is 0 Å². The van der Waals surface area contributed by atoms with E-state index in [1.807, 2.05) is 16.7 Å². The highest BCUT2D eigenvalue weighted by molar-refractivity contribution is 5.99. The van der Waals surface area contributed by atoms with Gasteiger partial charge in [-0.05, 0) is 74.3 Å². The second-order valence-corrected chi connectivity index (χ2v) is 9.99. The quantitative estimate of drug-likeness (QED) is 0.356. The summed E-state index contributed by atoms with van der Waals surface area (Å²) in [5.41, 5.74) is 1.99. The summed E-state index contributed by atoms with van der Waals surface area (Å²) in [5, 5.41) is 18.4. The Morgan fingerprint density at radius 2 is 1.81 bits per heavy atom. The number of halogens is 3. The molecule has 2 fully saturated rings. The zero-order valence-electron chi connectivity index (χ0n) is 19.6. The van der Waals surface area contributed by atoms with Crippen LogP contribution in [0.25, 0.3) is 27.5 Å². The summed E-state index contributed by atoms with van der Waals surface area (Å²) in [5.74, 6) is -3.23. The topological polar surface area (TPSA) is 80.1 Å². The Morgan fingerprint density at radius 3 is 2.50 bits per heavy atom. The molecule has 2 aromatic heterocycles. The fourth-order valence-electron chi connectivity index (χ4n) is 6.05. The second-order valence-electron chi connectivity index (χ2n) is 9.99. The predicted molar refractivity (Wildman–Crippen MR) is 128 cm³/mol. The maximum Gasteiger partial charge on any atom is 0.341 e. The smallest absolute Gasteiger partial charge is 0.341 e. The van der Waals surface area contributed by atoms with Crippen LogP contribution in [0, 0.1) is 11.6 Å². The normalized spacial score (nSPS) is 23.5. The number of aromatic amines is 1. The fourth-order valence-corrected chi connectivity index (χ4v) is 6.05. The van der Waals surface area contributed by atoms with Crippen molar-refractivity contribution in [2.75, 3.05) is 13.2 Å². The summed E-state index contributed by atoms with van der Waals surface area (Å²) >= 11 is 0. The van der Waals surface area contributed by atoms with Crippen LogP contribution in [-0.4, -0.2) is 44.7 Å². The van der Waals surface area contributed by atoms with Crippen LogP contribution in [0.1, 0.15) is 61.6 Å². The highest BCUT2D eigenvalue weighted by atomic mass is 19.2. The lowest BCUT2D eigenvalue weighted by Crippen LogP contribution is -2.37. The van der Waals surface area contributed by atoms with Crippen LogP contribution in [0.5, 0.6) is 0 Å². The molecule has 1 aliphatic heterocycles. The number of aliphatic carboxylic acids is 1. The number of carboxylic acid groups (broad SMARTS) is 1. The summed E-state index contributed by atoms with van der Waals surface area (Å²) in [4.78, 5) is 11.5. The Hall–Kier alpha value is -3.33. The summed E-state index contributed by atoms with van der Waals surface area (Å²) in [6.45, 7) is 1.18. The van der Waals surface area contributed by atoms with E-state index in [0.717, 1.165) is 52.0 Å². The van der Waals surface area contributed by atoms with Crippen molar-refractivity contribution in [1.29, 1.82) is 0 Å². The van der Waals surface area contributed by atoms with Gasteiger partial charge in [0.15, 0.2) is 11.6 Å². The van der Waals surface area contributed by atoms with E-state index < -0.39 is 23.3 Å². The number of nitrogens with one attached hydrogen (secondary N) is 1. The van der Waals surface area contributed by atoms with Crippen LogP contribution >= 0.6 is 0 Å². The van der Waals surface area contributed by atoms with Gasteiger partial charge in [0, 0.05) is 47.4 Å². The highest BCUT2D eigenvalue weighted by Gasteiger charge is 2.44. The van der Waals surface area contributed by atoms with Gasteiger partial charge < -0.3 is 14.4 Å². The first-order chi connectivity index (χ1) is 17.4. The van der Waals surface area contributed by atoms with Gasteiger partial charge in [-0.2, -0.15) is 5.10 Å². The van der Waals surface area contributed by atoms with Crippen LogP contribution in [0.15, 0.2) is 36.5 Å². The highest BCUT2D eigenvalue weighted by Crippen LogP contribution is 2.48. The van der Waals surface area contributed by atoms with Gasteiger partial charge in [0.2, 0.25) is 5.67 Å². The minimum absolute atomic E-state index is 0.0651. The first-order valence-electron chi connectivity index (χ1n) is 12.3. The number of carboxylic acids is 1. The number of ether oxygens (including phenoxy) is 1. The monoisotopic (exact) mass is 497 g/mol. The van der Waals surface area contributed by atoms with Crippen molar-refractivity contribution in [2.45, 2.75) is 56.0 Å². The molecule has 1 saturated carbocycles. The molecule has 0 bridgehead atoms. The summed E-state index contributed by atoms with van der Waals surface area (Å²) in [6, 6.07) is 7.91. The number of nitrogens with zero attached hydrogens (tertiary/aromatic N) is 2. The molecule has 3 heterocycles. The maximum atomic E-state index is 15.0. The van der Waals surface area contributed by atoms with Crippen LogP contribution in [0.4, 0.5) is 13.2 Å². The third kappa shape index (κ3) is 3.68. The Bertz CT molecular complexity index is 1460. The summed E-state index contributed by atoms with van der Waals surface area (Å²) < 4.78 is 50.9. The largest absolute Gasteiger partial charge is 0.479 e. The molecule has 6 nitrogen and oxygen atoms in total. The zero-order chi connectivity index (χ0) is 25.0. The summed E-state index contributed by atoms with van der Waals surface area (Å²) in [6.07, 6.45) is 3.89. The molecule has 2 aliphatic rings. The third-order valence-electron chi connectivity index (χ3n) is 7.94. The standard InChI is InChI=1S/C27H26F3N3O3/c28-20-2-1-18(12-21(20)29)33-23-11-17-14-31-32-22(17)13-19(23)24(25(33)16-5-9-36-10-6-16)15-3-7-27(30,8-4-15)26(34)35/h1-2,11-16H,3-10H2,(H,31,32)(H,34,35)/t15-,27+. The molecule has 4 aromatic rings. The van der Waals surface area contributed by atoms with Crippen LogP contribution in [0.2, 0.25) is 0 Å². The van der Waals surface area contributed by atoms with Gasteiger partial charge in [0.05, 0.1) is 17.2 Å². The second kappa shape index (κ2) is 8.65. The molecular formula is C27H26F3N3O3. The minimum Gasteiger partial charge on any atom is -0.479 e. The van der Waals surface area contributed by atoms with E-state index >= 15 is 0 Å². The number of carbonyl (C=O) groups is 1. The molecule has 1 saturated heterocycles. The minimum atomic E-state index is -2.22. The molecule has 36 heavy (non-hydrogen) atoms. The van der Waals surface area contributed by atoms with Crippen LogP contribution < -0.4 is 0 Å². The molecule has 0 spiro atoms. The molecule has 1 aliphatic carbocycles. The lowest BCUT2D eigenvalue weighted by Gasteiger charge is -2.33. The molecule has 6 rings (SSSR count). The van der Waals surface area contributed by atoms with E-state index in [-0.39, 0.29) is 24.7 Å². The lowest BCUT2D eigenvalue weighted by molar-refractivity contribution is -0.153. The first kappa shape index (κ1) is 23.1. The van der Waals surface area contributed by atoms with Crippen molar-refractivity contribution in [2.24, 2.45) is 0 Å². The third-order valence-corrected chi connectivity index (χ3v) is 7.94. The molecule has 0 radical (unpaired) electrons. The Kier molecular flexibility index (Phi) is 5.55. The lowest BCUT2D eigenvalue weighted by atomic mass is 9.75. The Balaban J connectivity index is 1.61. The van der Waals surface area contributed by atoms with Crippen molar-refractivity contribution < 1.29 is 27.8 Å². The van der Waals surface area contributed by atoms with E-state index in [2.05, 4.69) is 10.2 Å². The van der Waals surface area contributed by atoms with Crippen molar-refractivity contribution in [3.63, 3.8) is 0 Å². The van der Waals surface area contributed by atoms with Crippen molar-refractivity contribution in [1.82, 2.24) is 14.8 Å². The number of hydrogen-bond acceptors (Lipinski definition) is 3. The maximum absolute atomic E-state index is 15.0. The van der Waals surface area contributed by atoms with Gasteiger partial charge in [-0.15, -0.1) is 0 Å². The molecule has 9 heteroatoms. The SMILES string of the molecule is O=C(O)[C@]1(F)CC[C@@H](c2c(C3CCOCC3)n(-c3ccc(F)c(F)c3)c3cc4cn[nH]c4cc32)CC1. The van der Waals surface area contributed by atoms with Gasteiger partial charge in [-0.25, -0.2) is 18.0 Å². The van der Waals surface area contributed by atoms with Gasteiger partial charge in [0.1, 0.15) is 0 Å². The molecule has 0 unspecified atom stereocenters. The van der Waals surface area contributed by atoms with Crippen molar-refractivity contribution in [3.05, 3.63) is 59.4 Å². The zero-order valence-corrected chi connectivity index (χ0v) is 19.6. The molecule has 2 aromatic carbocycles. The van der Waals surface area contributed by atoms with E-state index in [0.29, 0.717) is 31.7 Å². The number of rotatable bonds is 4. The number of H-pyrrole nitrogens is 1. The van der Waals surface area contributed by atoms with E-state index in [1.54, 1.807) is 12.3 Å². The van der Waals surface area contributed by atoms with Crippen molar-refractivity contribution in [3.8, 4) is 5.69 Å². The Labute approximate surface area is 205 Å². The van der Waals surface area contributed by atoms with E-state index in [4.69, 9.17) is 4.74 Å². The van der Waals surface area contributed by atoms with Gasteiger partial charge in [0.25, 0.3) is 0 Å². The predicted octanol–water partition coefficient (Wildman–Crippen LogP) is 6.13. The summed E-state index contributed by atoms with van der Waals surface area (Å²) in [7, 11) is 0. The molecule has 2 N–H and O–H groups in total. The number of aromatic nitrogens is 3. The van der Waals surface area contributed by atoms with E-state index in [1.165, 1.54) is 6.07 Å². The molecular weight excluding hydrogens is 471 g/mol. The Morgan fingerprint density at radius 1 is 1.06 bits per heavy atom. The van der Waals surface area contributed by atoms with Crippen LogP contribution in [0.3, 0.4) is 0 Å². The molecule has 188 valence electrons. The number of alkyl halides is 1. The number of fused-ring (bicyclic) bond motifs is 2. The average Bonchev–Trinajstić information content (AvgIpc) is 3.47. The van der Waals surface area contributed by atoms with Crippen molar-refractivity contribution >= 4 is 27.8 Å². The van der Waals surface area contributed by atoms with Gasteiger partial charge in [-0.3, -0.25) is 5.10 Å². The number of hydrogen-bond donors (Lipinski definition) is 2. The first-order valence-corrected chi connectivity index (χ1v) is 12.3. The number of benzene rings is 2. The molecule has 0 amide bonds. The van der Waals surface area contributed by atoms with E-state index in [9.17, 15) is 23.1 Å². The average molecular weight is 498 g/mol. The van der Waals surface area contributed by atoms with Gasteiger partial charge >= 0.3 is 5.97 Å². The van der Waals surface area contributed by atoms with Crippen LogP contribution in [-0.2, 0) is 9.53 Å².